The third kappa shape index (κ3) is 4.71. The van der Waals surface area contributed by atoms with Gasteiger partial charge >= 0.3 is 0 Å². The van der Waals surface area contributed by atoms with Gasteiger partial charge in [-0.15, -0.1) is 0 Å². The molecule has 2 aromatic carbocycles. The average molecular weight is 353 g/mol. The number of rotatable bonds is 5. The molecule has 0 aliphatic heterocycles. The highest BCUT2D eigenvalue weighted by atomic mass is 35.5. The third-order valence-corrected chi connectivity index (χ3v) is 4.66. The molecule has 0 spiro atoms. The molecular formula is C16H17ClN2O3S. The summed E-state index contributed by atoms with van der Waals surface area (Å²) in [7, 11) is -1.57. The monoisotopic (exact) mass is 352 g/mol. The van der Waals surface area contributed by atoms with Crippen molar-refractivity contribution in [3.05, 3.63) is 53.6 Å². The lowest BCUT2D eigenvalue weighted by atomic mass is 10.3. The second-order valence-corrected chi connectivity index (χ2v) is 7.58. The molecular weight excluding hydrogens is 336 g/mol. The van der Waals surface area contributed by atoms with Gasteiger partial charge in [-0.25, -0.2) is 8.42 Å². The first-order chi connectivity index (χ1) is 10.8. The lowest BCUT2D eigenvalue weighted by Crippen LogP contribution is -2.30. The Morgan fingerprint density at radius 2 is 1.83 bits per heavy atom. The Balaban J connectivity index is 2.11. The first-order valence-electron chi connectivity index (χ1n) is 6.83. The summed E-state index contributed by atoms with van der Waals surface area (Å²) in [6.07, 6.45) is 1.10. The van der Waals surface area contributed by atoms with Gasteiger partial charge in [-0.3, -0.25) is 4.79 Å². The summed E-state index contributed by atoms with van der Waals surface area (Å²) in [5.41, 5.74) is 1.18. The predicted molar refractivity (Wildman–Crippen MR) is 92.9 cm³/mol. The fourth-order valence-corrected chi connectivity index (χ4v) is 2.82. The number of halogens is 1. The van der Waals surface area contributed by atoms with E-state index >= 15 is 0 Å². The Hall–Kier alpha value is -2.05. The van der Waals surface area contributed by atoms with E-state index in [1.54, 1.807) is 11.9 Å². The van der Waals surface area contributed by atoms with Gasteiger partial charge in [0.25, 0.3) is 0 Å². The highest BCUT2D eigenvalue weighted by Crippen LogP contribution is 2.25. The van der Waals surface area contributed by atoms with Crippen molar-refractivity contribution in [3.8, 4) is 0 Å². The standard InChI is InChI=1S/C16H17ClN2O3S/c1-19(12-6-4-3-5-7-12)11-16(20)18-15-10-13(23(2,21)22)8-9-14(15)17/h3-10H,11H2,1-2H3,(H,18,20). The number of nitrogens with one attached hydrogen (secondary N) is 1. The fourth-order valence-electron chi connectivity index (χ4n) is 2.01. The van der Waals surface area contributed by atoms with Crippen LogP contribution in [0.15, 0.2) is 53.4 Å². The van der Waals surface area contributed by atoms with Crippen LogP contribution in [0, 0.1) is 0 Å². The normalized spacial score (nSPS) is 11.1. The number of para-hydroxylation sites is 1. The van der Waals surface area contributed by atoms with E-state index in [4.69, 9.17) is 11.6 Å². The quantitative estimate of drug-likeness (QED) is 0.898. The van der Waals surface area contributed by atoms with Gasteiger partial charge in [0.2, 0.25) is 5.91 Å². The maximum atomic E-state index is 12.1. The van der Waals surface area contributed by atoms with E-state index in [2.05, 4.69) is 5.32 Å². The molecule has 2 rings (SSSR count). The van der Waals surface area contributed by atoms with Crippen molar-refractivity contribution in [2.75, 3.05) is 30.1 Å². The second-order valence-electron chi connectivity index (χ2n) is 5.15. The Bertz CT molecular complexity index is 807. The van der Waals surface area contributed by atoms with Crippen molar-refractivity contribution in [2.24, 2.45) is 0 Å². The summed E-state index contributed by atoms with van der Waals surface area (Å²) in [6.45, 7) is 0.115. The van der Waals surface area contributed by atoms with E-state index in [-0.39, 0.29) is 28.1 Å². The number of anilines is 2. The molecule has 0 fully saturated rings. The molecule has 122 valence electrons. The number of likely N-dealkylation sites (N-methyl/N-ethyl adjacent to an activating group) is 1. The molecule has 0 saturated carbocycles. The van der Waals surface area contributed by atoms with E-state index < -0.39 is 9.84 Å². The van der Waals surface area contributed by atoms with Crippen LogP contribution < -0.4 is 10.2 Å². The van der Waals surface area contributed by atoms with Crippen LogP contribution in [-0.4, -0.2) is 34.2 Å². The smallest absolute Gasteiger partial charge is 0.243 e. The molecule has 0 aromatic heterocycles. The maximum Gasteiger partial charge on any atom is 0.243 e. The first kappa shape index (κ1) is 17.3. The fraction of sp³-hybridized carbons (Fsp3) is 0.188. The number of nitrogens with zero attached hydrogens (tertiary/aromatic N) is 1. The van der Waals surface area contributed by atoms with Crippen molar-refractivity contribution >= 4 is 38.7 Å². The number of hydrogen-bond acceptors (Lipinski definition) is 4. The van der Waals surface area contributed by atoms with Crippen LogP contribution in [-0.2, 0) is 14.6 Å². The zero-order chi connectivity index (χ0) is 17.0. The minimum absolute atomic E-state index is 0.105. The Morgan fingerprint density at radius 1 is 1.17 bits per heavy atom. The van der Waals surface area contributed by atoms with Crippen molar-refractivity contribution in [2.45, 2.75) is 4.90 Å². The molecule has 0 saturated heterocycles. The first-order valence-corrected chi connectivity index (χ1v) is 9.10. The average Bonchev–Trinajstić information content (AvgIpc) is 2.49. The number of sulfone groups is 1. The summed E-state index contributed by atoms with van der Waals surface area (Å²) in [4.78, 5) is 14.0. The third-order valence-electron chi connectivity index (χ3n) is 3.22. The lowest BCUT2D eigenvalue weighted by Gasteiger charge is -2.19. The van der Waals surface area contributed by atoms with Crippen LogP contribution in [0.25, 0.3) is 0 Å². The van der Waals surface area contributed by atoms with Crippen molar-refractivity contribution in [3.63, 3.8) is 0 Å². The predicted octanol–water partition coefficient (Wildman–Crippen LogP) is 2.82. The second kappa shape index (κ2) is 7.02. The van der Waals surface area contributed by atoms with Gasteiger partial charge in [0.05, 0.1) is 22.2 Å². The van der Waals surface area contributed by atoms with Gasteiger partial charge in [-0.2, -0.15) is 0 Å². The minimum atomic E-state index is -3.36. The van der Waals surface area contributed by atoms with Crippen molar-refractivity contribution in [1.82, 2.24) is 0 Å². The van der Waals surface area contributed by atoms with Crippen molar-refractivity contribution in [1.29, 1.82) is 0 Å². The molecule has 0 aliphatic carbocycles. The van der Waals surface area contributed by atoms with Crippen molar-refractivity contribution < 1.29 is 13.2 Å². The zero-order valence-electron chi connectivity index (χ0n) is 12.8. The number of amides is 1. The molecule has 23 heavy (non-hydrogen) atoms. The molecule has 1 amide bonds. The molecule has 0 radical (unpaired) electrons. The highest BCUT2D eigenvalue weighted by Gasteiger charge is 2.13. The summed E-state index contributed by atoms with van der Waals surface area (Å²) in [6, 6.07) is 13.7. The summed E-state index contributed by atoms with van der Waals surface area (Å²) < 4.78 is 23.2. The molecule has 0 unspecified atom stereocenters. The summed E-state index contributed by atoms with van der Waals surface area (Å²) in [5, 5.41) is 2.93. The van der Waals surface area contributed by atoms with E-state index in [1.165, 1.54) is 18.2 Å². The molecule has 0 atom stereocenters. The zero-order valence-corrected chi connectivity index (χ0v) is 14.4. The molecule has 1 N–H and O–H groups in total. The van der Waals surface area contributed by atoms with Crippen LogP contribution in [0.5, 0.6) is 0 Å². The largest absolute Gasteiger partial charge is 0.365 e. The Kier molecular flexibility index (Phi) is 5.28. The SMILES string of the molecule is CN(CC(=O)Nc1cc(S(C)(=O)=O)ccc1Cl)c1ccccc1. The van der Waals surface area contributed by atoms with E-state index in [0.29, 0.717) is 0 Å². The van der Waals surface area contributed by atoms with Crippen LogP contribution in [0.4, 0.5) is 11.4 Å². The summed E-state index contributed by atoms with van der Waals surface area (Å²) in [5.74, 6) is -0.288. The van der Waals surface area contributed by atoms with Gasteiger partial charge < -0.3 is 10.2 Å². The molecule has 2 aromatic rings. The summed E-state index contributed by atoms with van der Waals surface area (Å²) >= 11 is 6.02. The number of benzene rings is 2. The highest BCUT2D eigenvalue weighted by molar-refractivity contribution is 7.90. The Morgan fingerprint density at radius 3 is 2.43 bits per heavy atom. The number of hydrogen-bond donors (Lipinski definition) is 1. The van der Waals surface area contributed by atoms with Gasteiger partial charge in [-0.1, -0.05) is 29.8 Å². The molecule has 0 heterocycles. The minimum Gasteiger partial charge on any atom is -0.365 e. The molecule has 5 nitrogen and oxygen atoms in total. The number of carbonyl (C=O) groups is 1. The van der Waals surface area contributed by atoms with Gasteiger partial charge in [-0.05, 0) is 30.3 Å². The van der Waals surface area contributed by atoms with Gasteiger partial charge in [0, 0.05) is 19.0 Å². The molecule has 7 heteroatoms. The molecule has 0 bridgehead atoms. The van der Waals surface area contributed by atoms with Gasteiger partial charge in [0.15, 0.2) is 9.84 Å². The van der Waals surface area contributed by atoms with Crippen LogP contribution in [0.3, 0.4) is 0 Å². The van der Waals surface area contributed by atoms with Crippen LogP contribution in [0.1, 0.15) is 0 Å². The van der Waals surface area contributed by atoms with E-state index in [9.17, 15) is 13.2 Å². The van der Waals surface area contributed by atoms with Crippen LogP contribution >= 0.6 is 11.6 Å². The lowest BCUT2D eigenvalue weighted by molar-refractivity contribution is -0.114. The Labute approximate surface area is 140 Å². The maximum absolute atomic E-state index is 12.1. The molecule has 0 aliphatic rings. The number of carbonyl (C=O) groups excluding carboxylic acids is 1. The van der Waals surface area contributed by atoms with Crippen LogP contribution in [0.2, 0.25) is 5.02 Å². The topological polar surface area (TPSA) is 66.5 Å². The van der Waals surface area contributed by atoms with E-state index in [0.717, 1.165) is 11.9 Å². The van der Waals surface area contributed by atoms with Gasteiger partial charge in [0.1, 0.15) is 0 Å². The van der Waals surface area contributed by atoms with E-state index in [1.807, 2.05) is 30.3 Å².